The molecule has 1 fully saturated rings. The van der Waals surface area contributed by atoms with Crippen molar-refractivity contribution in [3.05, 3.63) is 23.8 Å². The molecule has 1 N–H and O–H groups in total. The number of carbonyl (C=O) groups excluding carboxylic acids is 1. The second-order valence-corrected chi connectivity index (χ2v) is 9.19. The van der Waals surface area contributed by atoms with Crippen molar-refractivity contribution in [1.82, 2.24) is 5.43 Å². The number of hydrogen-bond donors (Lipinski definition) is 1. The third kappa shape index (κ3) is 2.57. The Labute approximate surface area is 139 Å². The van der Waals surface area contributed by atoms with Crippen LogP contribution in [0.3, 0.4) is 0 Å². The molecule has 1 heterocycles. The summed E-state index contributed by atoms with van der Waals surface area (Å²) in [6.45, 7) is 3.96. The van der Waals surface area contributed by atoms with Crippen LogP contribution in [0.25, 0.3) is 0 Å². The van der Waals surface area contributed by atoms with Crippen molar-refractivity contribution in [2.45, 2.75) is 23.5 Å². The average molecular weight is 418 g/mol. The summed E-state index contributed by atoms with van der Waals surface area (Å²) in [4.78, 5) is 12.1. The van der Waals surface area contributed by atoms with E-state index in [1.165, 1.54) is 0 Å². The summed E-state index contributed by atoms with van der Waals surface area (Å²) in [6, 6.07) is 5.57. The summed E-state index contributed by atoms with van der Waals surface area (Å²) >= 11 is 6.94. The molecule has 1 aliphatic carbocycles. The molecule has 0 saturated heterocycles. The number of fused-ring (bicyclic) bond motifs is 1. The summed E-state index contributed by atoms with van der Waals surface area (Å²) < 4.78 is 10.3. The number of hydrogen-bond acceptors (Lipinski definition) is 4. The van der Waals surface area contributed by atoms with E-state index in [1.54, 1.807) is 0 Å². The second kappa shape index (κ2) is 4.98. The zero-order valence-corrected chi connectivity index (χ0v) is 14.7. The van der Waals surface area contributed by atoms with Crippen molar-refractivity contribution < 1.29 is 14.3 Å². The maximum absolute atomic E-state index is 12.1. The highest BCUT2D eigenvalue weighted by Gasteiger charge is 2.66. The number of carbonyl (C=O) groups is 1. The molecule has 1 unspecified atom stereocenters. The van der Waals surface area contributed by atoms with Crippen molar-refractivity contribution in [3.63, 3.8) is 0 Å². The molecule has 0 aromatic heterocycles. The first kappa shape index (κ1) is 14.8. The van der Waals surface area contributed by atoms with Gasteiger partial charge in [-0.15, -0.1) is 0 Å². The normalized spacial score (nSPS) is 25.6. The fraction of sp³-hybridized carbons (Fsp3) is 0.429. The van der Waals surface area contributed by atoms with E-state index in [9.17, 15) is 4.79 Å². The van der Waals surface area contributed by atoms with Gasteiger partial charge in [0, 0.05) is 5.56 Å². The van der Waals surface area contributed by atoms with E-state index >= 15 is 0 Å². The van der Waals surface area contributed by atoms with Gasteiger partial charge in [-0.2, -0.15) is 5.10 Å². The molecule has 1 aromatic carbocycles. The van der Waals surface area contributed by atoms with E-state index in [0.29, 0.717) is 11.5 Å². The third-order valence-electron chi connectivity index (χ3n) is 3.87. The molecular weight excluding hydrogens is 404 g/mol. The van der Waals surface area contributed by atoms with Crippen LogP contribution in [0.5, 0.6) is 11.5 Å². The van der Waals surface area contributed by atoms with Crippen LogP contribution in [0.4, 0.5) is 0 Å². The lowest BCUT2D eigenvalue weighted by Crippen LogP contribution is -2.30. The summed E-state index contributed by atoms with van der Waals surface area (Å²) in [7, 11) is 0. The van der Waals surface area contributed by atoms with E-state index in [2.05, 4.69) is 42.4 Å². The molecule has 1 saturated carbocycles. The largest absolute Gasteiger partial charge is 0.454 e. The van der Waals surface area contributed by atoms with E-state index in [4.69, 9.17) is 9.47 Å². The summed E-state index contributed by atoms with van der Waals surface area (Å²) in [5, 5.41) is 4.17. The molecular formula is C14H14Br2N2O3. The van der Waals surface area contributed by atoms with Crippen molar-refractivity contribution in [2.24, 2.45) is 10.5 Å². The van der Waals surface area contributed by atoms with Gasteiger partial charge in [-0.05, 0) is 38.5 Å². The monoisotopic (exact) mass is 416 g/mol. The van der Waals surface area contributed by atoms with Crippen LogP contribution in [0.2, 0.25) is 0 Å². The third-order valence-corrected chi connectivity index (χ3v) is 6.19. The van der Waals surface area contributed by atoms with Gasteiger partial charge in [0.1, 0.15) is 0 Å². The van der Waals surface area contributed by atoms with Crippen LogP contribution in [-0.4, -0.2) is 21.6 Å². The van der Waals surface area contributed by atoms with Gasteiger partial charge in [0.05, 0.1) is 14.4 Å². The lowest BCUT2D eigenvalue weighted by atomic mass is 10.1. The molecule has 0 spiro atoms. The number of hydrazone groups is 1. The smallest absolute Gasteiger partial charge is 0.248 e. The van der Waals surface area contributed by atoms with Crippen molar-refractivity contribution in [3.8, 4) is 11.5 Å². The molecule has 0 radical (unpaired) electrons. The van der Waals surface area contributed by atoms with Gasteiger partial charge in [-0.3, -0.25) is 4.79 Å². The second-order valence-electron chi connectivity index (χ2n) is 5.42. The van der Waals surface area contributed by atoms with Crippen LogP contribution >= 0.6 is 31.9 Å². The lowest BCUT2D eigenvalue weighted by molar-refractivity contribution is -0.125. The number of ether oxygens (including phenoxy) is 2. The van der Waals surface area contributed by atoms with Crippen LogP contribution in [-0.2, 0) is 4.79 Å². The number of benzene rings is 1. The Morgan fingerprint density at radius 1 is 1.33 bits per heavy atom. The minimum atomic E-state index is -0.480. The van der Waals surface area contributed by atoms with Gasteiger partial charge in [0.2, 0.25) is 12.7 Å². The van der Waals surface area contributed by atoms with Gasteiger partial charge in [0.25, 0.3) is 0 Å². The molecule has 21 heavy (non-hydrogen) atoms. The fourth-order valence-electron chi connectivity index (χ4n) is 2.09. The molecule has 1 amide bonds. The lowest BCUT2D eigenvalue weighted by Gasteiger charge is -2.10. The Balaban J connectivity index is 1.71. The molecule has 5 nitrogen and oxygen atoms in total. The predicted molar refractivity (Wildman–Crippen MR) is 86.2 cm³/mol. The first-order chi connectivity index (χ1) is 9.83. The predicted octanol–water partition coefficient (Wildman–Crippen LogP) is 3.15. The van der Waals surface area contributed by atoms with Gasteiger partial charge in [-0.1, -0.05) is 31.9 Å². The Hall–Kier alpha value is -1.08. The molecule has 1 aliphatic heterocycles. The molecule has 112 valence electrons. The number of rotatable bonds is 3. The van der Waals surface area contributed by atoms with Crippen molar-refractivity contribution >= 4 is 43.5 Å². The molecule has 3 rings (SSSR count). The minimum absolute atomic E-state index is 0.114. The first-order valence-electron chi connectivity index (χ1n) is 6.46. The Morgan fingerprint density at radius 3 is 2.67 bits per heavy atom. The highest BCUT2D eigenvalue weighted by molar-refractivity contribution is 9.25. The minimum Gasteiger partial charge on any atom is -0.454 e. The average Bonchev–Trinajstić information content (AvgIpc) is 2.79. The molecule has 1 aromatic rings. The van der Waals surface area contributed by atoms with Gasteiger partial charge in [-0.25, -0.2) is 5.43 Å². The van der Waals surface area contributed by atoms with Crippen LogP contribution in [0.15, 0.2) is 23.3 Å². The SMILES string of the molecule is CC(=NNC(=O)C1(C)CC1(Br)Br)c1ccc2c(c1)OCO2. The Morgan fingerprint density at radius 2 is 2.00 bits per heavy atom. The van der Waals surface area contributed by atoms with Crippen LogP contribution in [0, 0.1) is 5.41 Å². The standard InChI is InChI=1S/C14H14Br2N2O3/c1-8(9-3-4-10-11(5-9)21-7-20-10)17-18-12(19)13(2)6-14(13,15)16/h3-5H,6-7H2,1-2H3,(H,18,19). The molecule has 7 heteroatoms. The van der Waals surface area contributed by atoms with E-state index in [-0.39, 0.29) is 15.9 Å². The summed E-state index contributed by atoms with van der Waals surface area (Å²) in [6.07, 6.45) is 0.727. The zero-order valence-electron chi connectivity index (χ0n) is 11.6. The van der Waals surface area contributed by atoms with Crippen molar-refractivity contribution in [1.29, 1.82) is 0 Å². The maximum Gasteiger partial charge on any atom is 0.248 e. The van der Waals surface area contributed by atoms with Crippen LogP contribution < -0.4 is 14.9 Å². The molecule has 2 aliphatic rings. The highest BCUT2D eigenvalue weighted by Crippen LogP contribution is 2.66. The zero-order chi connectivity index (χ0) is 15.3. The van der Waals surface area contributed by atoms with E-state index < -0.39 is 5.41 Å². The van der Waals surface area contributed by atoms with Crippen LogP contribution in [0.1, 0.15) is 25.8 Å². The number of alkyl halides is 2. The maximum atomic E-state index is 12.1. The Kier molecular flexibility index (Phi) is 3.52. The molecule has 0 bridgehead atoms. The highest BCUT2D eigenvalue weighted by atomic mass is 79.9. The quantitative estimate of drug-likeness (QED) is 0.466. The number of halogens is 2. The Bertz CT molecular complexity index is 645. The number of nitrogens with one attached hydrogen (secondary N) is 1. The van der Waals surface area contributed by atoms with Crippen molar-refractivity contribution in [2.75, 3.05) is 6.79 Å². The fourth-order valence-corrected chi connectivity index (χ4v) is 3.57. The van der Waals surface area contributed by atoms with Gasteiger partial charge < -0.3 is 9.47 Å². The van der Waals surface area contributed by atoms with Gasteiger partial charge in [0.15, 0.2) is 11.5 Å². The number of amides is 1. The summed E-state index contributed by atoms with van der Waals surface area (Å²) in [5.41, 5.74) is 3.73. The van der Waals surface area contributed by atoms with E-state index in [0.717, 1.165) is 17.7 Å². The number of nitrogens with zero attached hydrogens (tertiary/aromatic N) is 1. The molecule has 1 atom stereocenters. The van der Waals surface area contributed by atoms with E-state index in [1.807, 2.05) is 32.0 Å². The topological polar surface area (TPSA) is 59.9 Å². The first-order valence-corrected chi connectivity index (χ1v) is 8.05. The van der Waals surface area contributed by atoms with Gasteiger partial charge >= 0.3 is 0 Å². The summed E-state index contributed by atoms with van der Waals surface area (Å²) in [5.74, 6) is 1.31.